The van der Waals surface area contributed by atoms with E-state index < -0.39 is 0 Å². The van der Waals surface area contributed by atoms with Crippen LogP contribution in [0.25, 0.3) is 0 Å². The number of hydrogen-bond acceptors (Lipinski definition) is 1. The molecule has 1 aromatic carbocycles. The van der Waals surface area contributed by atoms with E-state index in [0.29, 0.717) is 12.0 Å². The molecule has 0 saturated carbocycles. The highest BCUT2D eigenvalue weighted by Crippen LogP contribution is 2.19. The van der Waals surface area contributed by atoms with Crippen LogP contribution in [0.15, 0.2) is 24.3 Å². The number of hydrogen-bond donors (Lipinski definition) is 1. The van der Waals surface area contributed by atoms with Crippen LogP contribution in [-0.2, 0) is 0 Å². The SMILES string of the molecule is CCNC(C)C(C)c1cccc(C)c1. The standard InChI is InChI=1S/C13H21N/c1-5-14-12(4)11(3)13-8-6-7-10(2)9-13/h6-9,11-12,14H,5H2,1-4H3. The van der Waals surface area contributed by atoms with Crippen LogP contribution in [-0.4, -0.2) is 12.6 Å². The lowest BCUT2D eigenvalue weighted by molar-refractivity contribution is 0.495. The molecule has 0 aliphatic rings. The second-order valence-corrected chi connectivity index (χ2v) is 4.05. The second kappa shape index (κ2) is 5.16. The minimum atomic E-state index is 0.543. The van der Waals surface area contributed by atoms with Gasteiger partial charge in [0.2, 0.25) is 0 Å². The summed E-state index contributed by atoms with van der Waals surface area (Å²) in [4.78, 5) is 0. The second-order valence-electron chi connectivity index (χ2n) is 4.05. The van der Waals surface area contributed by atoms with Gasteiger partial charge < -0.3 is 5.32 Å². The number of benzene rings is 1. The number of nitrogens with one attached hydrogen (secondary N) is 1. The quantitative estimate of drug-likeness (QED) is 0.771. The fourth-order valence-corrected chi connectivity index (χ4v) is 1.74. The lowest BCUT2D eigenvalue weighted by Crippen LogP contribution is -2.30. The van der Waals surface area contributed by atoms with Gasteiger partial charge in [-0.05, 0) is 31.9 Å². The average molecular weight is 191 g/mol. The first kappa shape index (κ1) is 11.3. The van der Waals surface area contributed by atoms with Gasteiger partial charge in [0.25, 0.3) is 0 Å². The minimum absolute atomic E-state index is 0.543. The van der Waals surface area contributed by atoms with Gasteiger partial charge in [-0.15, -0.1) is 0 Å². The Morgan fingerprint density at radius 2 is 2.00 bits per heavy atom. The summed E-state index contributed by atoms with van der Waals surface area (Å²) in [7, 11) is 0. The molecule has 0 amide bonds. The van der Waals surface area contributed by atoms with E-state index in [1.165, 1.54) is 11.1 Å². The summed E-state index contributed by atoms with van der Waals surface area (Å²) in [5.74, 6) is 0.579. The highest BCUT2D eigenvalue weighted by molar-refractivity contribution is 5.25. The Bertz CT molecular complexity index is 280. The van der Waals surface area contributed by atoms with E-state index in [4.69, 9.17) is 0 Å². The van der Waals surface area contributed by atoms with E-state index in [1.807, 2.05) is 0 Å². The highest BCUT2D eigenvalue weighted by Gasteiger charge is 2.12. The molecule has 0 aliphatic carbocycles. The molecule has 0 saturated heterocycles. The van der Waals surface area contributed by atoms with Gasteiger partial charge in [0.1, 0.15) is 0 Å². The van der Waals surface area contributed by atoms with Crippen molar-refractivity contribution in [1.82, 2.24) is 5.32 Å². The van der Waals surface area contributed by atoms with Crippen molar-refractivity contribution in [3.8, 4) is 0 Å². The Morgan fingerprint density at radius 3 is 2.57 bits per heavy atom. The van der Waals surface area contributed by atoms with Crippen LogP contribution in [0, 0.1) is 6.92 Å². The molecule has 0 heterocycles. The third-order valence-corrected chi connectivity index (χ3v) is 2.84. The zero-order valence-electron chi connectivity index (χ0n) is 9.67. The predicted molar refractivity (Wildman–Crippen MR) is 62.7 cm³/mol. The van der Waals surface area contributed by atoms with Gasteiger partial charge >= 0.3 is 0 Å². The number of rotatable bonds is 4. The molecule has 1 nitrogen and oxygen atoms in total. The largest absolute Gasteiger partial charge is 0.314 e. The van der Waals surface area contributed by atoms with Crippen LogP contribution in [0.4, 0.5) is 0 Å². The van der Waals surface area contributed by atoms with Crippen LogP contribution in [0.2, 0.25) is 0 Å². The maximum Gasteiger partial charge on any atom is 0.0105 e. The Morgan fingerprint density at radius 1 is 1.29 bits per heavy atom. The molecule has 1 N–H and O–H groups in total. The summed E-state index contributed by atoms with van der Waals surface area (Å²) < 4.78 is 0. The summed E-state index contributed by atoms with van der Waals surface area (Å²) in [6, 6.07) is 9.32. The van der Waals surface area contributed by atoms with E-state index in [0.717, 1.165) is 6.54 Å². The van der Waals surface area contributed by atoms with Gasteiger partial charge in [0.15, 0.2) is 0 Å². The Balaban J connectivity index is 2.73. The summed E-state index contributed by atoms with van der Waals surface area (Å²) in [5, 5.41) is 3.46. The van der Waals surface area contributed by atoms with Gasteiger partial charge in [-0.25, -0.2) is 0 Å². The van der Waals surface area contributed by atoms with Crippen molar-refractivity contribution >= 4 is 0 Å². The molecule has 0 aliphatic heterocycles. The molecule has 1 aromatic rings. The maximum atomic E-state index is 3.46. The molecule has 14 heavy (non-hydrogen) atoms. The molecular weight excluding hydrogens is 170 g/mol. The van der Waals surface area contributed by atoms with Crippen LogP contribution >= 0.6 is 0 Å². The van der Waals surface area contributed by atoms with Crippen molar-refractivity contribution in [1.29, 1.82) is 0 Å². The smallest absolute Gasteiger partial charge is 0.0105 e. The first-order valence-corrected chi connectivity index (χ1v) is 5.45. The molecule has 0 aromatic heterocycles. The van der Waals surface area contributed by atoms with Crippen molar-refractivity contribution in [2.75, 3.05) is 6.54 Å². The predicted octanol–water partition coefficient (Wildman–Crippen LogP) is 3.10. The summed E-state index contributed by atoms with van der Waals surface area (Å²) in [6.07, 6.45) is 0. The lowest BCUT2D eigenvalue weighted by atomic mass is 9.93. The molecular formula is C13H21N. The lowest BCUT2D eigenvalue weighted by Gasteiger charge is -2.21. The van der Waals surface area contributed by atoms with Crippen molar-refractivity contribution in [3.05, 3.63) is 35.4 Å². The summed E-state index contributed by atoms with van der Waals surface area (Å²) in [6.45, 7) is 9.86. The van der Waals surface area contributed by atoms with E-state index >= 15 is 0 Å². The van der Waals surface area contributed by atoms with Crippen LogP contribution in [0.1, 0.15) is 37.8 Å². The first-order valence-electron chi connectivity index (χ1n) is 5.45. The molecule has 1 rings (SSSR count). The average Bonchev–Trinajstić information content (AvgIpc) is 2.17. The normalized spacial score (nSPS) is 15.1. The Labute approximate surface area is 87.5 Å². The fraction of sp³-hybridized carbons (Fsp3) is 0.538. The third kappa shape index (κ3) is 2.85. The van der Waals surface area contributed by atoms with E-state index in [-0.39, 0.29) is 0 Å². The molecule has 2 unspecified atom stereocenters. The van der Waals surface area contributed by atoms with Gasteiger partial charge in [-0.3, -0.25) is 0 Å². The van der Waals surface area contributed by atoms with Gasteiger partial charge in [0, 0.05) is 6.04 Å². The molecule has 0 radical (unpaired) electrons. The summed E-state index contributed by atoms with van der Waals surface area (Å²) in [5.41, 5.74) is 2.77. The van der Waals surface area contributed by atoms with Gasteiger partial charge in [-0.1, -0.05) is 43.7 Å². The highest BCUT2D eigenvalue weighted by atomic mass is 14.9. The molecule has 0 spiro atoms. The molecule has 78 valence electrons. The van der Waals surface area contributed by atoms with Gasteiger partial charge in [-0.2, -0.15) is 0 Å². The maximum absolute atomic E-state index is 3.46. The number of likely N-dealkylation sites (N-methyl/N-ethyl adjacent to an activating group) is 1. The Kier molecular flexibility index (Phi) is 4.15. The fourth-order valence-electron chi connectivity index (χ4n) is 1.74. The molecule has 0 fully saturated rings. The monoisotopic (exact) mass is 191 g/mol. The Hall–Kier alpha value is -0.820. The van der Waals surface area contributed by atoms with Gasteiger partial charge in [0.05, 0.1) is 0 Å². The zero-order chi connectivity index (χ0) is 10.6. The molecule has 0 bridgehead atoms. The van der Waals surface area contributed by atoms with Crippen molar-refractivity contribution < 1.29 is 0 Å². The zero-order valence-corrected chi connectivity index (χ0v) is 9.67. The van der Waals surface area contributed by atoms with Crippen molar-refractivity contribution in [2.24, 2.45) is 0 Å². The van der Waals surface area contributed by atoms with E-state index in [1.54, 1.807) is 0 Å². The van der Waals surface area contributed by atoms with E-state index in [2.05, 4.69) is 57.3 Å². The third-order valence-electron chi connectivity index (χ3n) is 2.84. The van der Waals surface area contributed by atoms with E-state index in [9.17, 15) is 0 Å². The molecule has 2 atom stereocenters. The van der Waals surface area contributed by atoms with Crippen LogP contribution in [0.3, 0.4) is 0 Å². The molecule has 1 heteroatoms. The number of aryl methyl sites for hydroxylation is 1. The first-order chi connectivity index (χ1) is 6.65. The summed E-state index contributed by atoms with van der Waals surface area (Å²) >= 11 is 0. The van der Waals surface area contributed by atoms with Crippen LogP contribution in [0.5, 0.6) is 0 Å². The minimum Gasteiger partial charge on any atom is -0.314 e. The van der Waals surface area contributed by atoms with Crippen LogP contribution < -0.4 is 5.32 Å². The van der Waals surface area contributed by atoms with Crippen molar-refractivity contribution in [2.45, 2.75) is 39.7 Å². The van der Waals surface area contributed by atoms with Crippen molar-refractivity contribution in [3.63, 3.8) is 0 Å². The topological polar surface area (TPSA) is 12.0 Å².